The van der Waals surface area contributed by atoms with Crippen LogP contribution in [0.25, 0.3) is 0 Å². The molecular formula is C10H14N4S. The molecule has 4 nitrogen and oxygen atoms in total. The zero-order valence-corrected chi connectivity index (χ0v) is 9.71. The lowest BCUT2D eigenvalue weighted by molar-refractivity contribution is 0.767. The van der Waals surface area contributed by atoms with Gasteiger partial charge in [-0.25, -0.2) is 4.98 Å². The third kappa shape index (κ3) is 2.56. The van der Waals surface area contributed by atoms with Crippen molar-refractivity contribution in [1.82, 2.24) is 14.8 Å². The van der Waals surface area contributed by atoms with E-state index in [0.717, 1.165) is 23.8 Å². The molecule has 2 aromatic rings. The molecule has 0 unspecified atom stereocenters. The van der Waals surface area contributed by atoms with E-state index in [0.29, 0.717) is 0 Å². The summed E-state index contributed by atoms with van der Waals surface area (Å²) in [6.45, 7) is 2.89. The second-order valence-electron chi connectivity index (χ2n) is 3.37. The monoisotopic (exact) mass is 222 g/mol. The van der Waals surface area contributed by atoms with Gasteiger partial charge < -0.3 is 5.32 Å². The Labute approximate surface area is 93.0 Å². The van der Waals surface area contributed by atoms with Crippen LogP contribution in [0.3, 0.4) is 0 Å². The van der Waals surface area contributed by atoms with Crippen molar-refractivity contribution in [1.29, 1.82) is 0 Å². The normalized spacial score (nSPS) is 10.5. The maximum absolute atomic E-state index is 4.43. The second kappa shape index (κ2) is 4.44. The molecule has 0 aliphatic carbocycles. The van der Waals surface area contributed by atoms with Crippen molar-refractivity contribution < 1.29 is 0 Å². The highest BCUT2D eigenvalue weighted by atomic mass is 32.1. The first-order valence-corrected chi connectivity index (χ1v) is 5.81. The highest BCUT2D eigenvalue weighted by Crippen LogP contribution is 2.16. The molecule has 0 saturated heterocycles. The van der Waals surface area contributed by atoms with E-state index < -0.39 is 0 Å². The minimum Gasteiger partial charge on any atom is -0.357 e. The number of hydrogen-bond donors (Lipinski definition) is 1. The Morgan fingerprint density at radius 3 is 3.00 bits per heavy atom. The molecule has 0 fully saturated rings. The molecular weight excluding hydrogens is 208 g/mol. The molecule has 2 aromatic heterocycles. The zero-order valence-electron chi connectivity index (χ0n) is 8.90. The Bertz CT molecular complexity index is 432. The molecule has 0 aromatic carbocycles. The molecule has 5 heteroatoms. The summed E-state index contributed by atoms with van der Waals surface area (Å²) in [6.07, 6.45) is 4.85. The molecule has 0 radical (unpaired) electrons. The van der Waals surface area contributed by atoms with Crippen LogP contribution in [0.1, 0.15) is 18.2 Å². The van der Waals surface area contributed by atoms with Gasteiger partial charge in [-0.15, -0.1) is 11.3 Å². The fourth-order valence-corrected chi connectivity index (χ4v) is 2.08. The van der Waals surface area contributed by atoms with Gasteiger partial charge in [-0.2, -0.15) is 5.10 Å². The van der Waals surface area contributed by atoms with Crippen LogP contribution >= 0.6 is 11.3 Å². The Morgan fingerprint density at radius 2 is 2.40 bits per heavy atom. The summed E-state index contributed by atoms with van der Waals surface area (Å²) in [5.41, 5.74) is 2.32. The molecule has 80 valence electrons. The van der Waals surface area contributed by atoms with Gasteiger partial charge in [0.05, 0.1) is 11.9 Å². The molecule has 0 spiro atoms. The maximum Gasteiger partial charge on any atom is 0.183 e. The predicted molar refractivity (Wildman–Crippen MR) is 62.0 cm³/mol. The first-order chi connectivity index (χ1) is 7.28. The highest BCUT2D eigenvalue weighted by molar-refractivity contribution is 7.13. The molecule has 0 aliphatic rings. The Hall–Kier alpha value is -1.36. The van der Waals surface area contributed by atoms with Crippen molar-refractivity contribution >= 4 is 16.5 Å². The second-order valence-corrected chi connectivity index (χ2v) is 4.23. The SMILES string of the molecule is CCc1csc(NCc2cnn(C)c2)n1. The Kier molecular flexibility index (Phi) is 3.01. The van der Waals surface area contributed by atoms with Crippen molar-refractivity contribution in [2.45, 2.75) is 19.9 Å². The van der Waals surface area contributed by atoms with Crippen molar-refractivity contribution in [2.24, 2.45) is 7.05 Å². The summed E-state index contributed by atoms with van der Waals surface area (Å²) in [5.74, 6) is 0. The van der Waals surface area contributed by atoms with Crippen LogP contribution in [0.15, 0.2) is 17.8 Å². The summed E-state index contributed by atoms with van der Waals surface area (Å²) in [6, 6.07) is 0. The van der Waals surface area contributed by atoms with E-state index in [4.69, 9.17) is 0 Å². The molecule has 0 aliphatic heterocycles. The number of thiazole rings is 1. The average molecular weight is 222 g/mol. The van der Waals surface area contributed by atoms with Crippen molar-refractivity contribution in [3.63, 3.8) is 0 Å². The lowest BCUT2D eigenvalue weighted by atomic mass is 10.4. The largest absolute Gasteiger partial charge is 0.357 e. The van der Waals surface area contributed by atoms with E-state index >= 15 is 0 Å². The van der Waals surface area contributed by atoms with Crippen LogP contribution < -0.4 is 5.32 Å². The van der Waals surface area contributed by atoms with Crippen LogP contribution in [0, 0.1) is 0 Å². The summed E-state index contributed by atoms with van der Waals surface area (Å²) in [7, 11) is 1.92. The summed E-state index contributed by atoms with van der Waals surface area (Å²) in [4.78, 5) is 4.43. The summed E-state index contributed by atoms with van der Waals surface area (Å²) >= 11 is 1.65. The topological polar surface area (TPSA) is 42.7 Å². The van der Waals surface area contributed by atoms with Crippen LogP contribution in [-0.2, 0) is 20.0 Å². The first kappa shape index (κ1) is 10.2. The van der Waals surface area contributed by atoms with Crippen LogP contribution in [0.4, 0.5) is 5.13 Å². The zero-order chi connectivity index (χ0) is 10.7. The smallest absolute Gasteiger partial charge is 0.183 e. The maximum atomic E-state index is 4.43. The molecule has 15 heavy (non-hydrogen) atoms. The standard InChI is InChI=1S/C10H14N4S/c1-3-9-7-15-10(13-9)11-4-8-5-12-14(2)6-8/h5-7H,3-4H2,1-2H3,(H,11,13). The first-order valence-electron chi connectivity index (χ1n) is 4.93. The lowest BCUT2D eigenvalue weighted by Gasteiger charge is -1.98. The van der Waals surface area contributed by atoms with Crippen molar-refractivity contribution in [3.8, 4) is 0 Å². The molecule has 0 bridgehead atoms. The fraction of sp³-hybridized carbons (Fsp3) is 0.400. The van der Waals surface area contributed by atoms with E-state index in [9.17, 15) is 0 Å². The minimum atomic E-state index is 0.782. The highest BCUT2D eigenvalue weighted by Gasteiger charge is 2.00. The molecule has 0 amide bonds. The molecule has 2 rings (SSSR count). The molecule has 2 heterocycles. The van der Waals surface area contributed by atoms with Crippen LogP contribution in [0.5, 0.6) is 0 Å². The van der Waals surface area contributed by atoms with Gasteiger partial charge in [0.1, 0.15) is 0 Å². The van der Waals surface area contributed by atoms with E-state index in [-0.39, 0.29) is 0 Å². The van der Waals surface area contributed by atoms with Crippen molar-refractivity contribution in [3.05, 3.63) is 29.0 Å². The number of aromatic nitrogens is 3. The van der Waals surface area contributed by atoms with Gasteiger partial charge in [0.25, 0.3) is 0 Å². The van der Waals surface area contributed by atoms with Gasteiger partial charge in [-0.3, -0.25) is 4.68 Å². The van der Waals surface area contributed by atoms with Gasteiger partial charge in [0.2, 0.25) is 0 Å². The van der Waals surface area contributed by atoms with Crippen LogP contribution in [-0.4, -0.2) is 14.8 Å². The molecule has 1 N–H and O–H groups in total. The Balaban J connectivity index is 1.93. The van der Waals surface area contributed by atoms with Crippen molar-refractivity contribution in [2.75, 3.05) is 5.32 Å². The van der Waals surface area contributed by atoms with E-state index in [1.54, 1.807) is 16.0 Å². The number of hydrogen-bond acceptors (Lipinski definition) is 4. The minimum absolute atomic E-state index is 0.782. The average Bonchev–Trinajstić information content (AvgIpc) is 2.83. The van der Waals surface area contributed by atoms with E-state index in [1.165, 1.54) is 5.56 Å². The summed E-state index contributed by atoms with van der Waals surface area (Å²) < 4.78 is 1.80. The third-order valence-corrected chi connectivity index (χ3v) is 2.96. The number of rotatable bonds is 4. The summed E-state index contributed by atoms with van der Waals surface area (Å²) in [5, 5.41) is 10.5. The fourth-order valence-electron chi connectivity index (χ4n) is 1.29. The molecule has 0 saturated carbocycles. The number of nitrogens with zero attached hydrogens (tertiary/aromatic N) is 3. The quantitative estimate of drug-likeness (QED) is 0.861. The van der Waals surface area contributed by atoms with E-state index in [2.05, 4.69) is 27.7 Å². The lowest BCUT2D eigenvalue weighted by Crippen LogP contribution is -1.98. The van der Waals surface area contributed by atoms with E-state index in [1.807, 2.05) is 19.4 Å². The predicted octanol–water partition coefficient (Wildman–Crippen LogP) is 2.05. The van der Waals surface area contributed by atoms with Gasteiger partial charge in [0, 0.05) is 30.7 Å². The number of nitrogens with one attached hydrogen (secondary N) is 1. The third-order valence-electron chi connectivity index (χ3n) is 2.12. The Morgan fingerprint density at radius 1 is 1.53 bits per heavy atom. The van der Waals surface area contributed by atoms with Gasteiger partial charge in [-0.05, 0) is 6.42 Å². The molecule has 0 atom stereocenters. The van der Waals surface area contributed by atoms with Gasteiger partial charge in [-0.1, -0.05) is 6.92 Å². The van der Waals surface area contributed by atoms with Gasteiger partial charge >= 0.3 is 0 Å². The number of aryl methyl sites for hydroxylation is 2. The van der Waals surface area contributed by atoms with Crippen LogP contribution in [0.2, 0.25) is 0 Å². The van der Waals surface area contributed by atoms with Gasteiger partial charge in [0.15, 0.2) is 5.13 Å². The number of anilines is 1.